The van der Waals surface area contributed by atoms with E-state index in [-0.39, 0.29) is 17.4 Å². The van der Waals surface area contributed by atoms with Crippen LogP contribution in [0.15, 0.2) is 42.9 Å². The minimum Gasteiger partial charge on any atom is -0.351 e. The molecule has 138 valence electrons. The number of piperazine rings is 1. The van der Waals surface area contributed by atoms with Crippen molar-refractivity contribution in [3.8, 4) is 11.3 Å². The Morgan fingerprint density at radius 2 is 1.81 bits per heavy atom. The minimum atomic E-state index is -0.447. The average Bonchev–Trinajstić information content (AvgIpc) is 3.15. The Kier molecular flexibility index (Phi) is 4.49. The number of hydrogen-bond donors (Lipinski definition) is 0. The molecule has 0 aliphatic carbocycles. The van der Waals surface area contributed by atoms with Crippen LogP contribution in [0.5, 0.6) is 0 Å². The molecule has 2 aromatic heterocycles. The molecule has 0 N–H and O–H groups in total. The standard InChI is InChI=1S/C18H18FN7O/c1-24-11-14(22-23-24)18(27)26-9-7-25(8-10-26)17-15(19)16(20-12-21-17)13-5-3-2-4-6-13/h2-6,11-12H,7-10H2,1H3. The number of aryl methyl sites for hydroxylation is 1. The van der Waals surface area contributed by atoms with Crippen LogP contribution in [0.4, 0.5) is 10.2 Å². The van der Waals surface area contributed by atoms with E-state index >= 15 is 0 Å². The molecule has 0 unspecified atom stereocenters. The van der Waals surface area contributed by atoms with Crippen molar-refractivity contribution in [3.05, 3.63) is 54.4 Å². The maximum atomic E-state index is 15.0. The number of nitrogens with zero attached hydrogens (tertiary/aromatic N) is 7. The van der Waals surface area contributed by atoms with Crippen LogP contribution in [-0.4, -0.2) is 61.9 Å². The van der Waals surface area contributed by atoms with Crippen LogP contribution in [0.25, 0.3) is 11.3 Å². The summed E-state index contributed by atoms with van der Waals surface area (Å²) in [5, 5.41) is 7.64. The topological polar surface area (TPSA) is 80.0 Å². The zero-order valence-electron chi connectivity index (χ0n) is 14.8. The van der Waals surface area contributed by atoms with E-state index < -0.39 is 5.82 Å². The van der Waals surface area contributed by atoms with Crippen molar-refractivity contribution in [1.82, 2.24) is 29.9 Å². The van der Waals surface area contributed by atoms with Gasteiger partial charge in [-0.2, -0.15) is 0 Å². The van der Waals surface area contributed by atoms with Gasteiger partial charge in [0.25, 0.3) is 5.91 Å². The molecule has 3 heterocycles. The van der Waals surface area contributed by atoms with E-state index in [1.807, 2.05) is 35.2 Å². The zero-order chi connectivity index (χ0) is 18.8. The quantitative estimate of drug-likeness (QED) is 0.696. The van der Waals surface area contributed by atoms with Crippen LogP contribution in [0.2, 0.25) is 0 Å². The Labute approximate surface area is 155 Å². The fourth-order valence-corrected chi connectivity index (χ4v) is 3.11. The Balaban J connectivity index is 1.49. The zero-order valence-corrected chi connectivity index (χ0v) is 14.8. The second kappa shape index (κ2) is 7.10. The van der Waals surface area contributed by atoms with Crippen molar-refractivity contribution in [2.24, 2.45) is 7.05 Å². The van der Waals surface area contributed by atoms with E-state index in [1.54, 1.807) is 18.1 Å². The number of carbonyl (C=O) groups excluding carboxylic acids is 1. The van der Waals surface area contributed by atoms with Gasteiger partial charge < -0.3 is 9.80 Å². The normalized spacial score (nSPS) is 14.4. The number of halogens is 1. The maximum Gasteiger partial charge on any atom is 0.276 e. The fourth-order valence-electron chi connectivity index (χ4n) is 3.11. The lowest BCUT2D eigenvalue weighted by atomic mass is 10.1. The highest BCUT2D eigenvalue weighted by Gasteiger charge is 2.27. The van der Waals surface area contributed by atoms with Gasteiger partial charge in [-0.05, 0) is 0 Å². The molecule has 9 heteroatoms. The molecule has 0 atom stereocenters. The first kappa shape index (κ1) is 17.1. The van der Waals surface area contributed by atoms with Gasteiger partial charge in [0.2, 0.25) is 0 Å². The van der Waals surface area contributed by atoms with E-state index in [1.165, 1.54) is 11.0 Å². The van der Waals surface area contributed by atoms with Crippen molar-refractivity contribution >= 4 is 11.7 Å². The van der Waals surface area contributed by atoms with Crippen LogP contribution in [0.1, 0.15) is 10.5 Å². The summed E-state index contributed by atoms with van der Waals surface area (Å²) in [7, 11) is 1.71. The van der Waals surface area contributed by atoms with Gasteiger partial charge in [-0.1, -0.05) is 35.5 Å². The summed E-state index contributed by atoms with van der Waals surface area (Å²) in [6, 6.07) is 9.18. The number of rotatable bonds is 3. The average molecular weight is 367 g/mol. The number of hydrogen-bond acceptors (Lipinski definition) is 6. The molecule has 8 nitrogen and oxygen atoms in total. The highest BCUT2D eigenvalue weighted by atomic mass is 19.1. The molecule has 4 rings (SSSR count). The first-order chi connectivity index (χ1) is 13.1. The van der Waals surface area contributed by atoms with Gasteiger partial charge in [0, 0.05) is 38.8 Å². The lowest BCUT2D eigenvalue weighted by molar-refractivity contribution is 0.0740. The molecule has 1 aromatic carbocycles. The Hall–Kier alpha value is -3.36. The van der Waals surface area contributed by atoms with Gasteiger partial charge >= 0.3 is 0 Å². The monoisotopic (exact) mass is 367 g/mol. The first-order valence-corrected chi connectivity index (χ1v) is 8.60. The molecule has 3 aromatic rings. The third-order valence-electron chi connectivity index (χ3n) is 4.51. The SMILES string of the molecule is Cn1cc(C(=O)N2CCN(c3ncnc(-c4ccccc4)c3F)CC2)nn1. The molecule has 0 spiro atoms. The van der Waals surface area contributed by atoms with Crippen molar-refractivity contribution in [1.29, 1.82) is 0 Å². The summed E-state index contributed by atoms with van der Waals surface area (Å²) in [6.07, 6.45) is 2.96. The van der Waals surface area contributed by atoms with Crippen molar-refractivity contribution in [2.75, 3.05) is 31.1 Å². The molecule has 27 heavy (non-hydrogen) atoms. The van der Waals surface area contributed by atoms with E-state index in [0.29, 0.717) is 37.4 Å². The first-order valence-electron chi connectivity index (χ1n) is 8.60. The third kappa shape index (κ3) is 3.35. The van der Waals surface area contributed by atoms with Crippen LogP contribution >= 0.6 is 0 Å². The van der Waals surface area contributed by atoms with Gasteiger partial charge in [-0.3, -0.25) is 9.48 Å². The van der Waals surface area contributed by atoms with Crippen LogP contribution in [-0.2, 0) is 7.05 Å². The Morgan fingerprint density at radius 1 is 1.07 bits per heavy atom. The summed E-state index contributed by atoms with van der Waals surface area (Å²) < 4.78 is 16.5. The largest absolute Gasteiger partial charge is 0.351 e. The highest BCUT2D eigenvalue weighted by molar-refractivity contribution is 5.92. The van der Waals surface area contributed by atoms with Crippen LogP contribution in [0, 0.1) is 5.82 Å². The third-order valence-corrected chi connectivity index (χ3v) is 4.51. The molecule has 1 saturated heterocycles. The second-order valence-corrected chi connectivity index (χ2v) is 6.28. The summed E-state index contributed by atoms with van der Waals surface area (Å²) >= 11 is 0. The molecular weight excluding hydrogens is 349 g/mol. The molecular formula is C18H18FN7O. The number of benzene rings is 1. The highest BCUT2D eigenvalue weighted by Crippen LogP contribution is 2.26. The lowest BCUT2D eigenvalue weighted by Gasteiger charge is -2.35. The summed E-state index contributed by atoms with van der Waals surface area (Å²) in [5.41, 5.74) is 1.29. The van der Waals surface area contributed by atoms with Crippen LogP contribution < -0.4 is 4.90 Å². The minimum absolute atomic E-state index is 0.170. The lowest BCUT2D eigenvalue weighted by Crippen LogP contribution is -2.49. The number of carbonyl (C=O) groups is 1. The van der Waals surface area contributed by atoms with Gasteiger partial charge in [0.05, 0.1) is 6.20 Å². The van der Waals surface area contributed by atoms with Gasteiger partial charge in [0.1, 0.15) is 12.0 Å². The number of anilines is 1. The number of aromatic nitrogens is 5. The van der Waals surface area contributed by atoms with Crippen molar-refractivity contribution < 1.29 is 9.18 Å². The van der Waals surface area contributed by atoms with Gasteiger partial charge in [0.15, 0.2) is 17.3 Å². The predicted molar refractivity (Wildman–Crippen MR) is 96.5 cm³/mol. The molecule has 0 radical (unpaired) electrons. The molecule has 1 aliphatic heterocycles. The Bertz CT molecular complexity index is 951. The maximum absolute atomic E-state index is 15.0. The van der Waals surface area contributed by atoms with Gasteiger partial charge in [-0.15, -0.1) is 5.10 Å². The van der Waals surface area contributed by atoms with E-state index in [0.717, 1.165) is 0 Å². The van der Waals surface area contributed by atoms with E-state index in [9.17, 15) is 9.18 Å². The molecule has 1 aliphatic rings. The van der Waals surface area contributed by atoms with Gasteiger partial charge in [-0.25, -0.2) is 14.4 Å². The van der Waals surface area contributed by atoms with E-state index in [2.05, 4.69) is 20.3 Å². The molecule has 1 fully saturated rings. The molecule has 0 saturated carbocycles. The van der Waals surface area contributed by atoms with Crippen LogP contribution in [0.3, 0.4) is 0 Å². The summed E-state index contributed by atoms with van der Waals surface area (Å²) in [6.45, 7) is 1.88. The molecule has 1 amide bonds. The summed E-state index contributed by atoms with van der Waals surface area (Å²) in [4.78, 5) is 24.2. The van der Waals surface area contributed by atoms with Crippen molar-refractivity contribution in [3.63, 3.8) is 0 Å². The van der Waals surface area contributed by atoms with Crippen molar-refractivity contribution in [2.45, 2.75) is 0 Å². The smallest absolute Gasteiger partial charge is 0.276 e. The second-order valence-electron chi connectivity index (χ2n) is 6.28. The summed E-state index contributed by atoms with van der Waals surface area (Å²) in [5.74, 6) is -0.358. The molecule has 0 bridgehead atoms. The number of amides is 1. The predicted octanol–water partition coefficient (Wildman–Crippen LogP) is 1.37. The van der Waals surface area contributed by atoms with E-state index in [4.69, 9.17) is 0 Å². The Morgan fingerprint density at radius 3 is 2.48 bits per heavy atom. The fraction of sp³-hybridized carbons (Fsp3) is 0.278.